The van der Waals surface area contributed by atoms with Crippen molar-refractivity contribution in [1.29, 1.82) is 0 Å². The first-order valence-corrected chi connectivity index (χ1v) is 8.90. The van der Waals surface area contributed by atoms with Gasteiger partial charge in [-0.05, 0) is 25.0 Å². The van der Waals surface area contributed by atoms with Crippen LogP contribution in [0.2, 0.25) is 0 Å². The van der Waals surface area contributed by atoms with Gasteiger partial charge in [-0.25, -0.2) is 0 Å². The fourth-order valence-electron chi connectivity index (χ4n) is 3.33. The van der Waals surface area contributed by atoms with Gasteiger partial charge in [0.15, 0.2) is 5.82 Å². The highest BCUT2D eigenvalue weighted by Crippen LogP contribution is 2.28. The zero-order chi connectivity index (χ0) is 17.5. The molecule has 3 rings (SSSR count). The number of hydrogen-bond acceptors (Lipinski definition) is 4. The van der Waals surface area contributed by atoms with Crippen LogP contribution in [0.3, 0.4) is 0 Å². The smallest absolute Gasteiger partial charge is 0.253 e. The van der Waals surface area contributed by atoms with Crippen LogP contribution >= 0.6 is 0 Å². The zero-order valence-corrected chi connectivity index (χ0v) is 14.4. The third-order valence-corrected chi connectivity index (χ3v) is 4.63. The van der Waals surface area contributed by atoms with Crippen LogP contribution in [0.15, 0.2) is 43.2 Å². The van der Waals surface area contributed by atoms with Gasteiger partial charge >= 0.3 is 0 Å². The Morgan fingerprint density at radius 1 is 1.28 bits per heavy atom. The lowest BCUT2D eigenvalue weighted by Crippen LogP contribution is -2.26. The van der Waals surface area contributed by atoms with Crippen LogP contribution in [0.4, 0.5) is 5.69 Å². The van der Waals surface area contributed by atoms with E-state index < -0.39 is 0 Å². The normalized spacial score (nSPS) is 14.9. The molecule has 1 saturated carbocycles. The number of rotatable bonds is 7. The Morgan fingerprint density at radius 3 is 2.88 bits per heavy atom. The Hall–Kier alpha value is -2.63. The first-order chi connectivity index (χ1) is 12.3. The molecule has 1 aliphatic rings. The van der Waals surface area contributed by atoms with E-state index in [-0.39, 0.29) is 5.91 Å². The second kappa shape index (κ2) is 8.46. The number of amides is 1. The highest BCUT2D eigenvalue weighted by atomic mass is 16.1. The summed E-state index contributed by atoms with van der Waals surface area (Å²) in [5, 5.41) is 14.4. The van der Waals surface area contributed by atoms with E-state index in [9.17, 15) is 4.79 Å². The van der Waals surface area contributed by atoms with Gasteiger partial charge in [0.25, 0.3) is 5.91 Å². The summed E-state index contributed by atoms with van der Waals surface area (Å²) < 4.78 is 2.13. The first-order valence-electron chi connectivity index (χ1n) is 8.90. The number of hydrogen-bond donors (Lipinski definition) is 2. The van der Waals surface area contributed by atoms with Crippen molar-refractivity contribution in [3.63, 3.8) is 0 Å². The summed E-state index contributed by atoms with van der Waals surface area (Å²) in [7, 11) is 0. The molecule has 0 spiro atoms. The van der Waals surface area contributed by atoms with Crippen molar-refractivity contribution in [2.24, 2.45) is 0 Å². The Balaban J connectivity index is 1.65. The number of carbonyl (C=O) groups is 1. The van der Waals surface area contributed by atoms with Crippen molar-refractivity contribution in [2.45, 2.75) is 44.7 Å². The van der Waals surface area contributed by atoms with E-state index in [4.69, 9.17) is 0 Å². The summed E-state index contributed by atoms with van der Waals surface area (Å²) in [6.07, 6.45) is 9.67. The van der Waals surface area contributed by atoms with Crippen LogP contribution in [0.5, 0.6) is 0 Å². The summed E-state index contributed by atoms with van der Waals surface area (Å²) in [5.74, 6) is 0.696. The minimum absolute atomic E-state index is 0.120. The SMILES string of the molecule is C=CCNc1ccccc1C(=O)NCc1nncn1C1CCCCC1. The fraction of sp³-hybridized carbons (Fsp3) is 0.421. The molecule has 1 amide bonds. The van der Waals surface area contributed by atoms with Gasteiger partial charge in [-0.3, -0.25) is 4.79 Å². The van der Waals surface area contributed by atoms with Gasteiger partial charge in [-0.15, -0.1) is 16.8 Å². The Labute approximate surface area is 148 Å². The number of nitrogens with zero attached hydrogens (tertiary/aromatic N) is 3. The largest absolute Gasteiger partial charge is 0.381 e. The molecule has 0 saturated heterocycles. The van der Waals surface area contributed by atoms with E-state index in [0.29, 0.717) is 24.7 Å². The van der Waals surface area contributed by atoms with E-state index in [0.717, 1.165) is 24.4 Å². The third-order valence-electron chi connectivity index (χ3n) is 4.63. The average molecular weight is 339 g/mol. The van der Waals surface area contributed by atoms with Crippen LogP contribution in [0, 0.1) is 0 Å². The average Bonchev–Trinajstić information content (AvgIpc) is 3.14. The molecule has 2 aromatic rings. The van der Waals surface area contributed by atoms with E-state index in [1.165, 1.54) is 19.3 Å². The predicted molar refractivity (Wildman–Crippen MR) is 98.4 cm³/mol. The molecule has 25 heavy (non-hydrogen) atoms. The summed E-state index contributed by atoms with van der Waals surface area (Å²) in [5.41, 5.74) is 1.42. The molecule has 132 valence electrons. The summed E-state index contributed by atoms with van der Waals surface area (Å²) >= 11 is 0. The lowest BCUT2D eigenvalue weighted by atomic mass is 9.95. The highest BCUT2D eigenvalue weighted by molar-refractivity contribution is 5.99. The first kappa shape index (κ1) is 17.2. The molecular weight excluding hydrogens is 314 g/mol. The van der Waals surface area contributed by atoms with E-state index >= 15 is 0 Å². The van der Waals surface area contributed by atoms with Gasteiger partial charge in [-0.2, -0.15) is 0 Å². The topological polar surface area (TPSA) is 71.8 Å². The molecule has 1 aromatic carbocycles. The molecular formula is C19H25N5O. The van der Waals surface area contributed by atoms with Crippen LogP contribution in [0.1, 0.15) is 54.3 Å². The maximum Gasteiger partial charge on any atom is 0.253 e. The van der Waals surface area contributed by atoms with Crippen molar-refractivity contribution in [2.75, 3.05) is 11.9 Å². The third kappa shape index (κ3) is 4.26. The van der Waals surface area contributed by atoms with Crippen LogP contribution in [-0.4, -0.2) is 27.2 Å². The van der Waals surface area contributed by atoms with Gasteiger partial charge in [0.2, 0.25) is 0 Å². The molecule has 0 unspecified atom stereocenters. The molecule has 1 aromatic heterocycles. The van der Waals surface area contributed by atoms with E-state index in [1.807, 2.05) is 24.3 Å². The number of carbonyl (C=O) groups excluding carboxylic acids is 1. The number of anilines is 1. The van der Waals surface area contributed by atoms with Gasteiger partial charge in [0.1, 0.15) is 6.33 Å². The summed E-state index contributed by atoms with van der Waals surface area (Å²) in [6, 6.07) is 7.92. The molecule has 2 N–H and O–H groups in total. The Kier molecular flexibility index (Phi) is 5.82. The molecule has 1 fully saturated rings. The Morgan fingerprint density at radius 2 is 2.08 bits per heavy atom. The summed E-state index contributed by atoms with van der Waals surface area (Å²) in [6.45, 7) is 4.68. The van der Waals surface area contributed by atoms with Gasteiger partial charge in [0.05, 0.1) is 12.1 Å². The minimum atomic E-state index is -0.120. The maximum absolute atomic E-state index is 12.6. The maximum atomic E-state index is 12.6. The number of nitrogens with one attached hydrogen (secondary N) is 2. The van der Waals surface area contributed by atoms with Crippen molar-refractivity contribution in [1.82, 2.24) is 20.1 Å². The van der Waals surface area contributed by atoms with Gasteiger partial charge in [-0.1, -0.05) is 37.5 Å². The molecule has 6 nitrogen and oxygen atoms in total. The number of para-hydroxylation sites is 1. The van der Waals surface area contributed by atoms with Crippen molar-refractivity contribution >= 4 is 11.6 Å². The summed E-state index contributed by atoms with van der Waals surface area (Å²) in [4.78, 5) is 12.6. The molecule has 6 heteroatoms. The monoisotopic (exact) mass is 339 g/mol. The zero-order valence-electron chi connectivity index (χ0n) is 14.4. The lowest BCUT2D eigenvalue weighted by molar-refractivity contribution is 0.0950. The minimum Gasteiger partial charge on any atom is -0.381 e. The van der Waals surface area contributed by atoms with E-state index in [2.05, 4.69) is 32.0 Å². The van der Waals surface area contributed by atoms with Crippen molar-refractivity contribution < 1.29 is 4.79 Å². The molecule has 0 aliphatic heterocycles. The second-order valence-corrected chi connectivity index (χ2v) is 6.34. The predicted octanol–water partition coefficient (Wildman–Crippen LogP) is 3.31. The van der Waals surface area contributed by atoms with Crippen LogP contribution < -0.4 is 10.6 Å². The van der Waals surface area contributed by atoms with Crippen LogP contribution in [-0.2, 0) is 6.54 Å². The van der Waals surface area contributed by atoms with Crippen molar-refractivity contribution in [3.05, 3.63) is 54.6 Å². The lowest BCUT2D eigenvalue weighted by Gasteiger charge is -2.24. The van der Waals surface area contributed by atoms with Gasteiger partial charge in [0, 0.05) is 18.3 Å². The van der Waals surface area contributed by atoms with Gasteiger partial charge < -0.3 is 15.2 Å². The van der Waals surface area contributed by atoms with Crippen LogP contribution in [0.25, 0.3) is 0 Å². The Bertz CT molecular complexity index is 718. The molecule has 0 bridgehead atoms. The molecule has 0 radical (unpaired) electrons. The quantitative estimate of drug-likeness (QED) is 0.759. The van der Waals surface area contributed by atoms with E-state index in [1.54, 1.807) is 12.4 Å². The van der Waals surface area contributed by atoms with Crippen molar-refractivity contribution in [3.8, 4) is 0 Å². The fourth-order valence-corrected chi connectivity index (χ4v) is 3.33. The molecule has 0 atom stereocenters. The second-order valence-electron chi connectivity index (χ2n) is 6.34. The molecule has 1 aliphatic carbocycles. The number of aromatic nitrogens is 3. The number of benzene rings is 1. The standard InChI is InChI=1S/C19H25N5O/c1-2-12-20-17-11-7-6-10-16(17)19(25)21-13-18-23-22-14-24(18)15-8-4-3-5-9-15/h2,6-7,10-11,14-15,20H,1,3-5,8-9,12-13H2,(H,21,25). The highest BCUT2D eigenvalue weighted by Gasteiger charge is 2.19. The molecule has 1 heterocycles.